The van der Waals surface area contributed by atoms with E-state index in [0.717, 1.165) is 36.3 Å². The molecule has 0 unspecified atom stereocenters. The first kappa shape index (κ1) is 18.8. The fourth-order valence-electron chi connectivity index (χ4n) is 2.63. The van der Waals surface area contributed by atoms with Gasteiger partial charge in [-0.3, -0.25) is 4.79 Å². The minimum Gasteiger partial charge on any atom is -0.494 e. The summed E-state index contributed by atoms with van der Waals surface area (Å²) in [5.41, 5.74) is 4.25. The van der Waals surface area contributed by atoms with Crippen LogP contribution in [0, 0.1) is 0 Å². The number of carbonyl (C=O) groups is 1. The van der Waals surface area contributed by atoms with Crippen LogP contribution in [0.1, 0.15) is 43.9 Å². The summed E-state index contributed by atoms with van der Waals surface area (Å²) in [4.78, 5) is 12.3. The molecule has 0 atom stereocenters. The Morgan fingerprint density at radius 2 is 1.64 bits per heavy atom. The van der Waals surface area contributed by atoms with Crippen LogP contribution in [0.25, 0.3) is 6.08 Å². The van der Waals surface area contributed by atoms with E-state index in [1.54, 1.807) is 6.08 Å². The molecule has 0 aliphatic carbocycles. The van der Waals surface area contributed by atoms with Crippen LogP contribution < -0.4 is 10.1 Å². The topological polar surface area (TPSA) is 38.3 Å². The van der Waals surface area contributed by atoms with Gasteiger partial charge in [0, 0.05) is 11.8 Å². The van der Waals surface area contributed by atoms with E-state index in [1.807, 2.05) is 36.4 Å². The average Bonchev–Trinajstić information content (AvgIpc) is 2.65. The maximum absolute atomic E-state index is 12.3. The van der Waals surface area contributed by atoms with Gasteiger partial charge in [0.1, 0.15) is 5.75 Å². The molecule has 0 fully saturated rings. The molecule has 2 aromatic rings. The Kier molecular flexibility index (Phi) is 7.27. The first-order valence-corrected chi connectivity index (χ1v) is 9.00. The standard InChI is InChI=1S/C22H27NO2/c1-4-16-25-20-13-10-17(11-14-20)12-15-21(24)23-22-18(5-2)8-7-9-19(22)6-3/h7-15H,4-6,16H2,1-3H3,(H,23,24)/b15-12+. The smallest absolute Gasteiger partial charge is 0.248 e. The number of nitrogens with one attached hydrogen (secondary N) is 1. The van der Waals surface area contributed by atoms with Gasteiger partial charge in [-0.15, -0.1) is 0 Å². The van der Waals surface area contributed by atoms with Gasteiger partial charge in [0.15, 0.2) is 0 Å². The van der Waals surface area contributed by atoms with Crippen molar-refractivity contribution in [2.75, 3.05) is 11.9 Å². The summed E-state index contributed by atoms with van der Waals surface area (Å²) < 4.78 is 5.56. The van der Waals surface area contributed by atoms with E-state index in [1.165, 1.54) is 11.1 Å². The molecule has 3 heteroatoms. The van der Waals surface area contributed by atoms with Crippen LogP contribution in [0.15, 0.2) is 48.5 Å². The summed E-state index contributed by atoms with van der Waals surface area (Å²) in [6.45, 7) is 7.00. The zero-order valence-electron chi connectivity index (χ0n) is 15.3. The third-order valence-electron chi connectivity index (χ3n) is 4.03. The molecule has 0 saturated carbocycles. The molecule has 0 bridgehead atoms. The molecule has 25 heavy (non-hydrogen) atoms. The van der Waals surface area contributed by atoms with Crippen molar-refractivity contribution in [2.45, 2.75) is 40.0 Å². The minimum atomic E-state index is -0.109. The van der Waals surface area contributed by atoms with Crippen molar-refractivity contribution < 1.29 is 9.53 Å². The van der Waals surface area contributed by atoms with Crippen molar-refractivity contribution in [1.82, 2.24) is 0 Å². The number of ether oxygens (including phenoxy) is 1. The van der Waals surface area contributed by atoms with Crippen molar-refractivity contribution in [3.63, 3.8) is 0 Å². The van der Waals surface area contributed by atoms with Gasteiger partial charge in [-0.25, -0.2) is 0 Å². The minimum absolute atomic E-state index is 0.109. The molecular weight excluding hydrogens is 310 g/mol. The van der Waals surface area contributed by atoms with Crippen molar-refractivity contribution in [3.05, 3.63) is 65.2 Å². The molecule has 0 saturated heterocycles. The molecule has 2 rings (SSSR count). The second-order valence-corrected chi connectivity index (χ2v) is 5.90. The van der Waals surface area contributed by atoms with Crippen LogP contribution in [-0.4, -0.2) is 12.5 Å². The number of hydrogen-bond acceptors (Lipinski definition) is 2. The molecule has 2 aromatic carbocycles. The summed E-state index contributed by atoms with van der Waals surface area (Å²) in [6.07, 6.45) is 6.17. The Hall–Kier alpha value is -2.55. The summed E-state index contributed by atoms with van der Waals surface area (Å²) in [5, 5.41) is 3.04. The summed E-state index contributed by atoms with van der Waals surface area (Å²) >= 11 is 0. The number of rotatable bonds is 8. The summed E-state index contributed by atoms with van der Waals surface area (Å²) in [6, 6.07) is 13.9. The molecule has 132 valence electrons. The fourth-order valence-corrected chi connectivity index (χ4v) is 2.63. The number of aryl methyl sites for hydroxylation is 2. The Morgan fingerprint density at radius 3 is 2.20 bits per heavy atom. The molecule has 0 aromatic heterocycles. The highest BCUT2D eigenvalue weighted by Gasteiger charge is 2.08. The molecule has 0 spiro atoms. The third kappa shape index (κ3) is 5.49. The van der Waals surface area contributed by atoms with Crippen LogP contribution >= 0.6 is 0 Å². The molecule has 0 aliphatic heterocycles. The van der Waals surface area contributed by atoms with Gasteiger partial charge in [-0.05, 0) is 54.2 Å². The monoisotopic (exact) mass is 337 g/mol. The number of amides is 1. The van der Waals surface area contributed by atoms with Crippen LogP contribution in [0.5, 0.6) is 5.75 Å². The number of para-hydroxylation sites is 1. The van der Waals surface area contributed by atoms with Gasteiger partial charge in [-0.2, -0.15) is 0 Å². The maximum atomic E-state index is 12.3. The van der Waals surface area contributed by atoms with Crippen molar-refractivity contribution >= 4 is 17.7 Å². The van der Waals surface area contributed by atoms with Crippen LogP contribution in [0.2, 0.25) is 0 Å². The summed E-state index contributed by atoms with van der Waals surface area (Å²) in [7, 11) is 0. The Morgan fingerprint density at radius 1 is 1.00 bits per heavy atom. The van der Waals surface area contributed by atoms with E-state index in [9.17, 15) is 4.79 Å². The van der Waals surface area contributed by atoms with E-state index in [0.29, 0.717) is 6.61 Å². The Balaban J connectivity index is 2.04. The highest BCUT2D eigenvalue weighted by molar-refractivity contribution is 6.02. The zero-order chi connectivity index (χ0) is 18.1. The third-order valence-corrected chi connectivity index (χ3v) is 4.03. The molecule has 3 nitrogen and oxygen atoms in total. The first-order chi connectivity index (χ1) is 12.2. The number of carbonyl (C=O) groups excluding carboxylic acids is 1. The van der Waals surface area contributed by atoms with Crippen LogP contribution in [0.4, 0.5) is 5.69 Å². The second kappa shape index (κ2) is 9.67. The summed E-state index contributed by atoms with van der Waals surface area (Å²) in [5.74, 6) is 0.745. The van der Waals surface area contributed by atoms with Gasteiger partial charge >= 0.3 is 0 Å². The molecule has 0 heterocycles. The van der Waals surface area contributed by atoms with E-state index >= 15 is 0 Å². The fraction of sp³-hybridized carbons (Fsp3) is 0.318. The average molecular weight is 337 g/mol. The zero-order valence-corrected chi connectivity index (χ0v) is 15.3. The van der Waals surface area contributed by atoms with E-state index < -0.39 is 0 Å². The van der Waals surface area contributed by atoms with E-state index in [4.69, 9.17) is 4.74 Å². The molecule has 0 radical (unpaired) electrons. The first-order valence-electron chi connectivity index (χ1n) is 9.00. The predicted octanol–water partition coefficient (Wildman–Crippen LogP) is 5.25. The molecule has 0 aliphatic rings. The van der Waals surface area contributed by atoms with E-state index in [2.05, 4.69) is 38.2 Å². The van der Waals surface area contributed by atoms with Crippen LogP contribution in [0.3, 0.4) is 0 Å². The predicted molar refractivity (Wildman–Crippen MR) is 105 cm³/mol. The lowest BCUT2D eigenvalue weighted by atomic mass is 10.0. The Labute approximate surface area is 150 Å². The molecular formula is C22H27NO2. The van der Waals surface area contributed by atoms with E-state index in [-0.39, 0.29) is 5.91 Å². The lowest BCUT2D eigenvalue weighted by Crippen LogP contribution is -2.11. The number of hydrogen-bond donors (Lipinski definition) is 1. The lowest BCUT2D eigenvalue weighted by molar-refractivity contribution is -0.111. The van der Waals surface area contributed by atoms with Gasteiger partial charge in [0.05, 0.1) is 6.61 Å². The second-order valence-electron chi connectivity index (χ2n) is 5.90. The van der Waals surface area contributed by atoms with Gasteiger partial charge in [0.2, 0.25) is 5.91 Å². The Bertz CT molecular complexity index is 695. The molecule has 1 amide bonds. The number of anilines is 1. The number of benzene rings is 2. The van der Waals surface area contributed by atoms with Crippen molar-refractivity contribution in [3.8, 4) is 5.75 Å². The SMILES string of the molecule is CCCOc1ccc(/C=C/C(=O)Nc2c(CC)cccc2CC)cc1. The van der Waals surface area contributed by atoms with Gasteiger partial charge in [-0.1, -0.05) is 51.1 Å². The highest BCUT2D eigenvalue weighted by Crippen LogP contribution is 2.22. The van der Waals surface area contributed by atoms with Gasteiger partial charge in [0.25, 0.3) is 0 Å². The normalized spacial score (nSPS) is 10.8. The van der Waals surface area contributed by atoms with Crippen LogP contribution in [-0.2, 0) is 17.6 Å². The largest absolute Gasteiger partial charge is 0.494 e. The lowest BCUT2D eigenvalue weighted by Gasteiger charge is -2.13. The maximum Gasteiger partial charge on any atom is 0.248 e. The quantitative estimate of drug-likeness (QED) is 0.668. The van der Waals surface area contributed by atoms with Crippen molar-refractivity contribution in [2.24, 2.45) is 0 Å². The van der Waals surface area contributed by atoms with Crippen molar-refractivity contribution in [1.29, 1.82) is 0 Å². The highest BCUT2D eigenvalue weighted by atomic mass is 16.5. The molecule has 1 N–H and O–H groups in total. The van der Waals surface area contributed by atoms with Gasteiger partial charge < -0.3 is 10.1 Å².